The van der Waals surface area contributed by atoms with Gasteiger partial charge in [0.25, 0.3) is 21.8 Å². The lowest BCUT2D eigenvalue weighted by Crippen LogP contribution is -2.37. The van der Waals surface area contributed by atoms with E-state index in [1.165, 1.54) is 30.3 Å². The van der Waals surface area contributed by atoms with E-state index in [4.69, 9.17) is 10.5 Å². The van der Waals surface area contributed by atoms with Gasteiger partial charge in [-0.15, -0.1) is 0 Å². The van der Waals surface area contributed by atoms with Crippen LogP contribution in [0.1, 0.15) is 27.6 Å². The molecule has 0 saturated carbocycles. The van der Waals surface area contributed by atoms with Crippen molar-refractivity contribution in [3.63, 3.8) is 0 Å². The van der Waals surface area contributed by atoms with E-state index in [9.17, 15) is 27.6 Å². The molecule has 1 aromatic carbocycles. The summed E-state index contributed by atoms with van der Waals surface area (Å²) in [6.45, 7) is 1.76. The summed E-state index contributed by atoms with van der Waals surface area (Å²) in [6, 6.07) is 7.32. The molecule has 0 aliphatic heterocycles. The van der Waals surface area contributed by atoms with Gasteiger partial charge in [-0.2, -0.15) is 0 Å². The molecule has 2 rings (SSSR count). The lowest BCUT2D eigenvalue weighted by atomic mass is 10.2. The third kappa shape index (κ3) is 6.58. The zero-order valence-corrected chi connectivity index (χ0v) is 17.1. The number of sulfonamides is 1. The second-order valence-electron chi connectivity index (χ2n) is 5.85. The van der Waals surface area contributed by atoms with E-state index in [1.807, 2.05) is 10.0 Å². The van der Waals surface area contributed by atoms with Gasteiger partial charge in [0.05, 0.1) is 17.0 Å². The maximum absolute atomic E-state index is 12.4. The summed E-state index contributed by atoms with van der Waals surface area (Å²) in [6.07, 6.45) is -0.130. The van der Waals surface area contributed by atoms with Crippen molar-refractivity contribution in [2.45, 2.75) is 11.8 Å². The van der Waals surface area contributed by atoms with Crippen LogP contribution in [0.5, 0.6) is 5.88 Å². The minimum absolute atomic E-state index is 0.131. The molecular formula is C18H19N5O7S. The third-order valence-electron chi connectivity index (χ3n) is 3.61. The molecule has 164 valence electrons. The molecule has 31 heavy (non-hydrogen) atoms. The zero-order chi connectivity index (χ0) is 23.0. The highest BCUT2D eigenvalue weighted by Gasteiger charge is 2.20. The van der Waals surface area contributed by atoms with Gasteiger partial charge in [0.1, 0.15) is 0 Å². The summed E-state index contributed by atoms with van der Waals surface area (Å²) in [5.74, 6) is -2.33. The highest BCUT2D eigenvalue weighted by molar-refractivity contribution is 7.90. The third-order valence-corrected chi connectivity index (χ3v) is 4.96. The second kappa shape index (κ2) is 10.3. The van der Waals surface area contributed by atoms with E-state index in [-0.39, 0.29) is 27.8 Å². The summed E-state index contributed by atoms with van der Waals surface area (Å²) in [5, 5.41) is 4.41. The Bertz CT molecular complexity index is 1080. The smallest absolute Gasteiger partial charge is 0.391 e. The van der Waals surface area contributed by atoms with Crippen molar-refractivity contribution in [2.75, 3.05) is 13.1 Å². The molecule has 2 aromatic rings. The van der Waals surface area contributed by atoms with Gasteiger partial charge in [0, 0.05) is 24.4 Å². The van der Waals surface area contributed by atoms with Crippen molar-refractivity contribution in [1.82, 2.24) is 20.3 Å². The molecule has 12 nitrogen and oxygen atoms in total. The lowest BCUT2D eigenvalue weighted by Gasteiger charge is -2.08. The van der Waals surface area contributed by atoms with Crippen LogP contribution in [0.4, 0.5) is 4.79 Å². The van der Waals surface area contributed by atoms with Gasteiger partial charge in [0.15, 0.2) is 0 Å². The quantitative estimate of drug-likeness (QED) is 0.433. The molecule has 0 unspecified atom stereocenters. The number of carbonyl (C=O) groups is 4. The van der Waals surface area contributed by atoms with Gasteiger partial charge < -0.3 is 15.8 Å². The predicted molar refractivity (Wildman–Crippen MR) is 107 cm³/mol. The van der Waals surface area contributed by atoms with Crippen LogP contribution in [0.25, 0.3) is 0 Å². The molecule has 0 radical (unpaired) electrons. The molecule has 0 spiro atoms. The van der Waals surface area contributed by atoms with Crippen LogP contribution in [0.15, 0.2) is 47.5 Å². The first kappa shape index (κ1) is 23.4. The zero-order valence-electron chi connectivity index (χ0n) is 16.2. The number of pyridine rings is 1. The van der Waals surface area contributed by atoms with Crippen molar-refractivity contribution in [3.8, 4) is 5.88 Å². The standard InChI is InChI=1S/C18H19N5O7S/c1-2-20-16(25)11-3-6-13(7-4-11)31(28,29)23-17(26)12-5-8-15(21-10-12)30-18(27)22-14(24)9-19/h3-8,10H,2,9,19H2,1H3,(H,20,25)(H,23,26)(H,22,24,27). The number of ether oxygens (including phenoxy) is 1. The molecule has 4 amide bonds. The molecule has 5 N–H and O–H groups in total. The number of carbonyl (C=O) groups excluding carboxylic acids is 4. The Hall–Kier alpha value is -3.84. The number of rotatable bonds is 7. The number of hydrogen-bond acceptors (Lipinski definition) is 9. The van der Waals surface area contributed by atoms with E-state index in [1.54, 1.807) is 6.92 Å². The number of aromatic nitrogens is 1. The predicted octanol–water partition coefficient (Wildman–Crippen LogP) is -0.476. The number of hydrogen-bond donors (Lipinski definition) is 4. The van der Waals surface area contributed by atoms with E-state index in [0.29, 0.717) is 6.54 Å². The molecule has 0 fully saturated rings. The molecule has 0 saturated heterocycles. The Morgan fingerprint density at radius 2 is 1.65 bits per heavy atom. The van der Waals surface area contributed by atoms with Gasteiger partial charge in [-0.1, -0.05) is 0 Å². The average molecular weight is 449 g/mol. The first-order valence-corrected chi connectivity index (χ1v) is 10.3. The Labute approximate surface area is 177 Å². The Kier molecular flexibility index (Phi) is 7.76. The van der Waals surface area contributed by atoms with Gasteiger partial charge in [-0.05, 0) is 37.3 Å². The first-order valence-electron chi connectivity index (χ1n) is 8.79. The van der Waals surface area contributed by atoms with Crippen LogP contribution < -0.4 is 25.8 Å². The van der Waals surface area contributed by atoms with E-state index in [0.717, 1.165) is 12.3 Å². The molecule has 0 aliphatic rings. The summed E-state index contributed by atoms with van der Waals surface area (Å²) in [5.41, 5.74) is 5.18. The van der Waals surface area contributed by atoms with Crippen molar-refractivity contribution in [1.29, 1.82) is 0 Å². The first-order chi connectivity index (χ1) is 14.7. The van der Waals surface area contributed by atoms with Crippen LogP contribution >= 0.6 is 0 Å². The highest BCUT2D eigenvalue weighted by atomic mass is 32.2. The topological polar surface area (TPSA) is 187 Å². The van der Waals surface area contributed by atoms with E-state index >= 15 is 0 Å². The number of amides is 4. The van der Waals surface area contributed by atoms with Gasteiger partial charge in [-0.25, -0.2) is 22.9 Å². The average Bonchev–Trinajstić information content (AvgIpc) is 2.74. The molecule has 1 aromatic heterocycles. The summed E-state index contributed by atoms with van der Waals surface area (Å²) < 4.78 is 31.4. The van der Waals surface area contributed by atoms with Crippen LogP contribution in [0.3, 0.4) is 0 Å². The maximum Gasteiger partial charge on any atom is 0.420 e. The molecule has 0 aliphatic carbocycles. The Morgan fingerprint density at radius 1 is 1.00 bits per heavy atom. The number of benzene rings is 1. The van der Waals surface area contributed by atoms with Crippen LogP contribution in [0.2, 0.25) is 0 Å². The Morgan fingerprint density at radius 3 is 2.19 bits per heavy atom. The molecule has 1 heterocycles. The number of nitrogens with zero attached hydrogens (tertiary/aromatic N) is 1. The monoisotopic (exact) mass is 449 g/mol. The van der Waals surface area contributed by atoms with Crippen molar-refractivity contribution in [3.05, 3.63) is 53.7 Å². The van der Waals surface area contributed by atoms with Gasteiger partial charge >= 0.3 is 6.09 Å². The second-order valence-corrected chi connectivity index (χ2v) is 7.53. The minimum atomic E-state index is -4.21. The van der Waals surface area contributed by atoms with Crippen molar-refractivity contribution < 1.29 is 32.3 Å². The van der Waals surface area contributed by atoms with Crippen molar-refractivity contribution >= 4 is 33.8 Å². The number of imide groups is 1. The highest BCUT2D eigenvalue weighted by Crippen LogP contribution is 2.13. The largest absolute Gasteiger partial charge is 0.420 e. The maximum atomic E-state index is 12.4. The molecule has 0 bridgehead atoms. The number of nitrogens with one attached hydrogen (secondary N) is 3. The molecular weight excluding hydrogens is 430 g/mol. The van der Waals surface area contributed by atoms with E-state index in [2.05, 4.69) is 10.3 Å². The van der Waals surface area contributed by atoms with Crippen molar-refractivity contribution in [2.24, 2.45) is 5.73 Å². The summed E-state index contributed by atoms with van der Waals surface area (Å²) in [4.78, 5) is 49.9. The Balaban J connectivity index is 2.04. The summed E-state index contributed by atoms with van der Waals surface area (Å²) in [7, 11) is -4.21. The lowest BCUT2D eigenvalue weighted by molar-refractivity contribution is -0.118. The molecule has 0 atom stereocenters. The van der Waals surface area contributed by atoms with Crippen LogP contribution in [0, 0.1) is 0 Å². The van der Waals surface area contributed by atoms with Gasteiger partial charge in [-0.3, -0.25) is 19.7 Å². The number of nitrogens with two attached hydrogens (primary N) is 1. The van der Waals surface area contributed by atoms with Crippen LogP contribution in [-0.4, -0.2) is 50.3 Å². The SMILES string of the molecule is CCNC(=O)c1ccc(S(=O)(=O)NC(=O)c2ccc(OC(=O)NC(=O)CN)nc2)cc1. The van der Waals surface area contributed by atoms with E-state index < -0.39 is 34.5 Å². The summed E-state index contributed by atoms with van der Waals surface area (Å²) >= 11 is 0. The fraction of sp³-hybridized carbons (Fsp3) is 0.167. The van der Waals surface area contributed by atoms with Crippen LogP contribution in [-0.2, 0) is 14.8 Å². The fourth-order valence-electron chi connectivity index (χ4n) is 2.15. The fourth-order valence-corrected chi connectivity index (χ4v) is 3.12. The minimum Gasteiger partial charge on any atom is -0.391 e. The van der Waals surface area contributed by atoms with Gasteiger partial charge in [0.2, 0.25) is 11.8 Å². The molecule has 13 heteroatoms. The normalized spacial score (nSPS) is 10.6.